The Kier molecular flexibility index (Phi) is 5.36. The first kappa shape index (κ1) is 19.8. The minimum Gasteiger partial charge on any atom is -0.461 e. The van der Waals surface area contributed by atoms with Gasteiger partial charge in [0.05, 0.1) is 23.4 Å². The number of nitrogens with zero attached hydrogens (tertiary/aromatic N) is 2. The van der Waals surface area contributed by atoms with Crippen LogP contribution in [-0.4, -0.2) is 41.0 Å². The monoisotopic (exact) mass is 412 g/mol. The minimum absolute atomic E-state index is 0.313. The Morgan fingerprint density at radius 3 is 2.61 bits per heavy atom. The van der Waals surface area contributed by atoms with Crippen LogP contribution in [0.15, 0.2) is 22.8 Å². The molecule has 0 saturated heterocycles. The van der Waals surface area contributed by atoms with E-state index in [1.165, 1.54) is 6.26 Å². The number of amides is 2. The number of nitrogens with one attached hydrogen (secondary N) is 2. The molecule has 0 radical (unpaired) electrons. The van der Waals surface area contributed by atoms with E-state index in [1.807, 2.05) is 0 Å². The van der Waals surface area contributed by atoms with E-state index < -0.39 is 31.1 Å². The van der Waals surface area contributed by atoms with Crippen LogP contribution < -0.4 is 10.6 Å². The van der Waals surface area contributed by atoms with Crippen LogP contribution in [0.5, 0.6) is 0 Å². The Hall–Kier alpha value is -2.95. The average molecular weight is 412 g/mol. The Morgan fingerprint density at radius 1 is 1.21 bits per heavy atom. The number of carbonyl (C=O) groups excluding carboxylic acids is 2. The van der Waals surface area contributed by atoms with Crippen molar-refractivity contribution in [2.75, 3.05) is 13.1 Å². The number of hydrogen-bond acceptors (Lipinski definition) is 6. The van der Waals surface area contributed by atoms with Crippen LogP contribution in [0.2, 0.25) is 0 Å². The maximum Gasteiger partial charge on any atom is 0.405 e. The molecular formula is C17H15F3N4O3S. The van der Waals surface area contributed by atoms with Gasteiger partial charge in [-0.2, -0.15) is 13.2 Å². The van der Waals surface area contributed by atoms with E-state index in [0.717, 1.165) is 11.3 Å². The van der Waals surface area contributed by atoms with Crippen LogP contribution in [-0.2, 0) is 4.79 Å². The van der Waals surface area contributed by atoms with Crippen molar-refractivity contribution >= 4 is 33.4 Å². The van der Waals surface area contributed by atoms with Gasteiger partial charge in [-0.15, -0.1) is 11.3 Å². The molecule has 0 aliphatic carbocycles. The maximum absolute atomic E-state index is 12.4. The Bertz CT molecular complexity index is 1030. The first-order valence-corrected chi connectivity index (χ1v) is 8.90. The molecule has 3 rings (SSSR count). The number of carbonyl (C=O) groups is 2. The van der Waals surface area contributed by atoms with E-state index in [4.69, 9.17) is 4.42 Å². The number of aryl methyl sites for hydroxylation is 2. The third kappa shape index (κ3) is 4.30. The lowest BCUT2D eigenvalue weighted by molar-refractivity contribution is -0.137. The Morgan fingerprint density at radius 2 is 1.96 bits per heavy atom. The molecule has 148 valence electrons. The summed E-state index contributed by atoms with van der Waals surface area (Å²) in [6.45, 7) is 1.49. The first-order chi connectivity index (χ1) is 13.2. The molecule has 2 amide bonds. The zero-order chi connectivity index (χ0) is 20.5. The Labute approximate surface area is 161 Å². The molecule has 11 heteroatoms. The van der Waals surface area contributed by atoms with Crippen molar-refractivity contribution in [1.29, 1.82) is 0 Å². The van der Waals surface area contributed by atoms with Crippen molar-refractivity contribution < 1.29 is 27.2 Å². The number of alkyl halides is 3. The fraction of sp³-hybridized carbons (Fsp3) is 0.294. The molecular weight excluding hydrogens is 397 g/mol. The van der Waals surface area contributed by atoms with Crippen molar-refractivity contribution in [3.63, 3.8) is 0 Å². The minimum atomic E-state index is -4.51. The van der Waals surface area contributed by atoms with E-state index in [9.17, 15) is 22.8 Å². The molecule has 2 N–H and O–H groups in total. The number of rotatable bonds is 5. The van der Waals surface area contributed by atoms with Crippen molar-refractivity contribution in [1.82, 2.24) is 20.6 Å². The molecule has 0 bridgehead atoms. The third-order valence-corrected chi connectivity index (χ3v) is 5.00. The van der Waals surface area contributed by atoms with E-state index in [1.54, 1.807) is 31.3 Å². The highest BCUT2D eigenvalue weighted by Crippen LogP contribution is 2.32. The summed E-state index contributed by atoms with van der Waals surface area (Å²) >= 11 is 1.11. The van der Waals surface area contributed by atoms with Crippen molar-refractivity contribution in [3.8, 4) is 11.6 Å². The lowest BCUT2D eigenvalue weighted by atomic mass is 10.1. The van der Waals surface area contributed by atoms with Gasteiger partial charge in [0.15, 0.2) is 11.6 Å². The van der Waals surface area contributed by atoms with Crippen molar-refractivity contribution in [3.05, 3.63) is 34.5 Å². The van der Waals surface area contributed by atoms with Gasteiger partial charge in [0.25, 0.3) is 5.91 Å². The van der Waals surface area contributed by atoms with Crippen LogP contribution in [0.4, 0.5) is 13.2 Å². The van der Waals surface area contributed by atoms with Gasteiger partial charge in [0.2, 0.25) is 5.91 Å². The van der Waals surface area contributed by atoms with Gasteiger partial charge < -0.3 is 15.1 Å². The number of fused-ring (bicyclic) bond motifs is 1. The van der Waals surface area contributed by atoms with E-state index in [-0.39, 0.29) is 0 Å². The van der Waals surface area contributed by atoms with Gasteiger partial charge in [-0.25, -0.2) is 9.97 Å². The highest BCUT2D eigenvalue weighted by atomic mass is 32.1. The average Bonchev–Trinajstić information content (AvgIpc) is 3.25. The molecule has 7 nitrogen and oxygen atoms in total. The number of hydrogen-bond donors (Lipinski definition) is 2. The number of halogens is 3. The molecule has 0 aliphatic rings. The predicted octanol–water partition coefficient (Wildman–Crippen LogP) is 2.98. The summed E-state index contributed by atoms with van der Waals surface area (Å²) in [7, 11) is 0. The van der Waals surface area contributed by atoms with E-state index in [2.05, 4.69) is 15.3 Å². The summed E-state index contributed by atoms with van der Waals surface area (Å²) in [5.41, 5.74) is 1.30. The second-order valence-corrected chi connectivity index (χ2v) is 6.92. The molecule has 0 aliphatic heterocycles. The largest absolute Gasteiger partial charge is 0.461 e. The molecule has 0 saturated carbocycles. The van der Waals surface area contributed by atoms with Crippen LogP contribution in [0.1, 0.15) is 20.9 Å². The topological polar surface area (TPSA) is 97.1 Å². The predicted molar refractivity (Wildman–Crippen MR) is 96.0 cm³/mol. The number of aromatic nitrogens is 2. The maximum atomic E-state index is 12.4. The first-order valence-electron chi connectivity index (χ1n) is 8.09. The summed E-state index contributed by atoms with van der Waals surface area (Å²) in [6, 6.07) is 3.43. The van der Waals surface area contributed by atoms with Crippen molar-refractivity contribution in [2.24, 2.45) is 0 Å². The molecule has 0 aromatic carbocycles. The molecule has 28 heavy (non-hydrogen) atoms. The second-order valence-electron chi connectivity index (χ2n) is 5.92. The fourth-order valence-corrected chi connectivity index (χ4v) is 3.72. The highest BCUT2D eigenvalue weighted by Gasteiger charge is 2.28. The molecule has 0 spiro atoms. The Balaban J connectivity index is 1.77. The van der Waals surface area contributed by atoms with Crippen molar-refractivity contribution in [2.45, 2.75) is 20.0 Å². The summed E-state index contributed by atoms with van der Waals surface area (Å²) < 4.78 is 41.6. The van der Waals surface area contributed by atoms with Gasteiger partial charge in [0.1, 0.15) is 11.4 Å². The smallest absolute Gasteiger partial charge is 0.405 e. The SMILES string of the molecule is Cc1nc(-c2ccco2)nc2sc(C(=O)NCC(=O)NCC(F)(F)F)c(C)c12. The summed E-state index contributed by atoms with van der Waals surface area (Å²) in [4.78, 5) is 33.6. The molecule has 3 heterocycles. The van der Waals surface area contributed by atoms with Gasteiger partial charge in [-0.1, -0.05) is 0 Å². The molecule has 3 aromatic heterocycles. The van der Waals surface area contributed by atoms with Crippen LogP contribution in [0.3, 0.4) is 0 Å². The van der Waals surface area contributed by atoms with Gasteiger partial charge >= 0.3 is 6.18 Å². The van der Waals surface area contributed by atoms with Crippen LogP contribution in [0.25, 0.3) is 21.8 Å². The standard InChI is InChI=1S/C17H15F3N4O3S/c1-8-12-9(2)23-14(10-4-3-5-27-10)24-16(12)28-13(8)15(26)21-6-11(25)22-7-17(18,19)20/h3-5H,6-7H2,1-2H3,(H,21,26)(H,22,25). The quantitative estimate of drug-likeness (QED) is 0.672. The molecule has 0 unspecified atom stereocenters. The van der Waals surface area contributed by atoms with Gasteiger partial charge in [0, 0.05) is 5.39 Å². The van der Waals surface area contributed by atoms with E-state index in [0.29, 0.717) is 37.9 Å². The summed E-state index contributed by atoms with van der Waals surface area (Å²) in [6.07, 6.45) is -3.01. The second kappa shape index (κ2) is 7.58. The number of furan rings is 1. The number of thiophene rings is 1. The zero-order valence-electron chi connectivity index (χ0n) is 14.8. The van der Waals surface area contributed by atoms with E-state index >= 15 is 0 Å². The van der Waals surface area contributed by atoms with Crippen LogP contribution in [0, 0.1) is 13.8 Å². The molecule has 0 fully saturated rings. The summed E-state index contributed by atoms with van der Waals surface area (Å²) in [5.74, 6) is -0.625. The van der Waals surface area contributed by atoms with Gasteiger partial charge in [-0.05, 0) is 31.5 Å². The van der Waals surface area contributed by atoms with Crippen LogP contribution >= 0.6 is 11.3 Å². The van der Waals surface area contributed by atoms with Gasteiger partial charge in [-0.3, -0.25) is 9.59 Å². The lowest BCUT2D eigenvalue weighted by Crippen LogP contribution is -2.40. The molecule has 0 atom stereocenters. The summed E-state index contributed by atoms with van der Waals surface area (Å²) in [5, 5.41) is 4.73. The lowest BCUT2D eigenvalue weighted by Gasteiger charge is -2.09. The highest BCUT2D eigenvalue weighted by molar-refractivity contribution is 7.20. The zero-order valence-corrected chi connectivity index (χ0v) is 15.6. The normalized spacial score (nSPS) is 11.6. The third-order valence-electron chi connectivity index (χ3n) is 3.81. The molecule has 3 aromatic rings. The fourth-order valence-electron chi connectivity index (χ4n) is 2.57.